The van der Waals surface area contributed by atoms with E-state index in [0.29, 0.717) is 6.42 Å². The predicted octanol–water partition coefficient (Wildman–Crippen LogP) is 2.47. The van der Waals surface area contributed by atoms with Crippen molar-refractivity contribution in [2.45, 2.75) is 19.4 Å². The smallest absolute Gasteiger partial charge is 0.205 e. The van der Waals surface area contributed by atoms with Gasteiger partial charge in [0.05, 0.1) is 12.8 Å². The molecule has 0 aromatic heterocycles. The van der Waals surface area contributed by atoms with E-state index in [-0.39, 0.29) is 17.3 Å². The van der Waals surface area contributed by atoms with Crippen LogP contribution in [0.15, 0.2) is 0 Å². The van der Waals surface area contributed by atoms with E-state index in [0.717, 1.165) is 7.11 Å². The number of fused-ring (bicyclic) bond motifs is 1. The van der Waals surface area contributed by atoms with Gasteiger partial charge in [-0.1, -0.05) is 0 Å². The average molecular weight is 217 g/mol. The normalized spacial score (nSPS) is 18.6. The van der Waals surface area contributed by atoms with Gasteiger partial charge >= 0.3 is 0 Å². The zero-order valence-corrected chi connectivity index (χ0v) is 8.33. The lowest BCUT2D eigenvalue weighted by atomic mass is 10.1. The Morgan fingerprint density at radius 1 is 1.20 bits per heavy atom. The molecule has 1 aliphatic heterocycles. The topological polar surface area (TPSA) is 21.3 Å². The molecule has 0 amide bonds. The Kier molecular flexibility index (Phi) is 2.25. The van der Waals surface area contributed by atoms with E-state index >= 15 is 0 Å². The van der Waals surface area contributed by atoms with Gasteiger partial charge in [-0.05, 0) is 13.3 Å². The number of hydrogen-bond acceptors (Lipinski definition) is 2. The summed E-state index contributed by atoms with van der Waals surface area (Å²) in [7, 11) is 1.11. The van der Waals surface area contributed by atoms with Crippen molar-refractivity contribution in [3.8, 4) is 5.75 Å². The third-order valence-corrected chi connectivity index (χ3v) is 2.48. The van der Waals surface area contributed by atoms with E-state index < -0.39 is 23.2 Å². The second-order valence-corrected chi connectivity index (χ2v) is 3.58. The molecule has 0 saturated heterocycles. The highest BCUT2D eigenvalue weighted by Crippen LogP contribution is 2.38. The summed E-state index contributed by atoms with van der Waals surface area (Å²) in [6.45, 7) is 1.77. The first-order valence-electron chi connectivity index (χ1n) is 4.56. The van der Waals surface area contributed by atoms with Crippen molar-refractivity contribution in [2.75, 3.05) is 12.4 Å². The third kappa shape index (κ3) is 1.33. The molecule has 0 saturated carbocycles. The maximum atomic E-state index is 13.6. The van der Waals surface area contributed by atoms with Crippen molar-refractivity contribution in [3.05, 3.63) is 23.0 Å². The lowest BCUT2D eigenvalue weighted by Crippen LogP contribution is -2.09. The van der Waals surface area contributed by atoms with Crippen LogP contribution in [0.3, 0.4) is 0 Å². The summed E-state index contributed by atoms with van der Waals surface area (Å²) in [6.07, 6.45) is 0.328. The first kappa shape index (κ1) is 10.1. The van der Waals surface area contributed by atoms with Crippen molar-refractivity contribution < 1.29 is 17.9 Å². The Morgan fingerprint density at radius 3 is 2.47 bits per heavy atom. The van der Waals surface area contributed by atoms with Crippen LogP contribution in [0.5, 0.6) is 5.75 Å². The third-order valence-electron chi connectivity index (χ3n) is 2.48. The summed E-state index contributed by atoms with van der Waals surface area (Å²) in [5.41, 5.74) is 0.0663. The van der Waals surface area contributed by atoms with Gasteiger partial charge in [-0.2, -0.15) is 4.39 Å². The number of ether oxygens (including phenoxy) is 1. The zero-order chi connectivity index (χ0) is 11.2. The van der Waals surface area contributed by atoms with Crippen LogP contribution in [-0.4, -0.2) is 13.2 Å². The van der Waals surface area contributed by atoms with E-state index in [1.54, 1.807) is 6.92 Å². The van der Waals surface area contributed by atoms with Crippen LogP contribution in [0.1, 0.15) is 12.5 Å². The van der Waals surface area contributed by atoms with E-state index in [1.165, 1.54) is 0 Å². The van der Waals surface area contributed by atoms with Crippen LogP contribution < -0.4 is 10.1 Å². The molecule has 1 unspecified atom stereocenters. The summed E-state index contributed by atoms with van der Waals surface area (Å²) in [4.78, 5) is 0. The van der Waals surface area contributed by atoms with Crippen LogP contribution in [0, 0.1) is 17.5 Å². The first-order valence-corrected chi connectivity index (χ1v) is 4.56. The highest BCUT2D eigenvalue weighted by Gasteiger charge is 2.30. The standard InChI is InChI=1S/C10H10F3NO/c1-4-3-5-6(11)10(15-2)8(13)7(12)9(5)14-4/h4,14H,3H2,1-2H3. The molecule has 15 heavy (non-hydrogen) atoms. The van der Waals surface area contributed by atoms with Crippen LogP contribution in [0.4, 0.5) is 18.9 Å². The maximum absolute atomic E-state index is 13.6. The monoisotopic (exact) mass is 217 g/mol. The number of methoxy groups -OCH3 is 1. The molecule has 1 aromatic carbocycles. The first-order chi connectivity index (χ1) is 7.06. The molecular formula is C10H10F3NO. The quantitative estimate of drug-likeness (QED) is 0.729. The molecular weight excluding hydrogens is 207 g/mol. The minimum absolute atomic E-state index is 0.0849. The van der Waals surface area contributed by atoms with Crippen molar-refractivity contribution in [2.24, 2.45) is 0 Å². The highest BCUT2D eigenvalue weighted by atomic mass is 19.2. The molecule has 0 aliphatic carbocycles. The molecule has 5 heteroatoms. The van der Waals surface area contributed by atoms with E-state index in [4.69, 9.17) is 0 Å². The minimum Gasteiger partial charge on any atom is -0.491 e. The number of nitrogens with one attached hydrogen (secondary N) is 1. The van der Waals surface area contributed by atoms with Gasteiger partial charge in [-0.3, -0.25) is 0 Å². The van der Waals surface area contributed by atoms with Crippen molar-refractivity contribution in [1.82, 2.24) is 0 Å². The molecule has 0 radical (unpaired) electrons. The highest BCUT2D eigenvalue weighted by molar-refractivity contribution is 5.61. The minimum atomic E-state index is -1.28. The molecule has 2 rings (SSSR count). The van der Waals surface area contributed by atoms with Gasteiger partial charge < -0.3 is 10.1 Å². The molecule has 1 aromatic rings. The van der Waals surface area contributed by atoms with Gasteiger partial charge in [-0.25, -0.2) is 8.78 Å². The summed E-state index contributed by atoms with van der Waals surface area (Å²) >= 11 is 0. The second-order valence-electron chi connectivity index (χ2n) is 3.58. The van der Waals surface area contributed by atoms with Crippen molar-refractivity contribution in [3.63, 3.8) is 0 Å². The van der Waals surface area contributed by atoms with Gasteiger partial charge in [0.1, 0.15) is 0 Å². The van der Waals surface area contributed by atoms with Crippen LogP contribution in [0.2, 0.25) is 0 Å². The molecule has 82 valence electrons. The van der Waals surface area contributed by atoms with Gasteiger partial charge in [0.15, 0.2) is 17.4 Å². The predicted molar refractivity (Wildman–Crippen MR) is 49.7 cm³/mol. The van der Waals surface area contributed by atoms with Crippen LogP contribution in [0.25, 0.3) is 0 Å². The van der Waals surface area contributed by atoms with Gasteiger partial charge in [0.25, 0.3) is 0 Å². The Morgan fingerprint density at radius 2 is 1.87 bits per heavy atom. The molecule has 0 fully saturated rings. The molecule has 1 heterocycles. The molecule has 1 N–H and O–H groups in total. The van der Waals surface area contributed by atoms with Crippen LogP contribution in [-0.2, 0) is 6.42 Å². The Bertz CT molecular complexity index is 420. The van der Waals surface area contributed by atoms with Crippen LogP contribution >= 0.6 is 0 Å². The fourth-order valence-corrected chi connectivity index (χ4v) is 1.81. The SMILES string of the molecule is COc1c(F)c(F)c2c(c1F)CC(C)N2. The number of anilines is 1. The fourth-order valence-electron chi connectivity index (χ4n) is 1.81. The summed E-state index contributed by atoms with van der Waals surface area (Å²) < 4.78 is 44.8. The summed E-state index contributed by atoms with van der Waals surface area (Å²) in [5, 5.41) is 2.69. The second kappa shape index (κ2) is 3.32. The molecule has 1 atom stereocenters. The van der Waals surface area contributed by atoms with Crippen molar-refractivity contribution in [1.29, 1.82) is 0 Å². The molecule has 1 aliphatic rings. The lowest BCUT2D eigenvalue weighted by Gasteiger charge is -2.09. The Balaban J connectivity index is 2.68. The number of benzene rings is 1. The molecule has 0 bridgehead atoms. The Hall–Kier alpha value is -1.39. The van der Waals surface area contributed by atoms with Gasteiger partial charge in [0.2, 0.25) is 5.82 Å². The summed E-state index contributed by atoms with van der Waals surface area (Å²) in [5.74, 6) is -3.83. The zero-order valence-electron chi connectivity index (χ0n) is 8.33. The van der Waals surface area contributed by atoms with E-state index in [1.807, 2.05) is 0 Å². The maximum Gasteiger partial charge on any atom is 0.205 e. The van der Waals surface area contributed by atoms with E-state index in [2.05, 4.69) is 10.1 Å². The number of hydrogen-bond donors (Lipinski definition) is 1. The largest absolute Gasteiger partial charge is 0.491 e. The van der Waals surface area contributed by atoms with E-state index in [9.17, 15) is 13.2 Å². The molecule has 2 nitrogen and oxygen atoms in total. The average Bonchev–Trinajstić information content (AvgIpc) is 2.58. The molecule has 0 spiro atoms. The lowest BCUT2D eigenvalue weighted by molar-refractivity contribution is 0.346. The summed E-state index contributed by atoms with van der Waals surface area (Å²) in [6, 6.07) is -0.101. The number of rotatable bonds is 1. The number of halogens is 3. The van der Waals surface area contributed by atoms with Gasteiger partial charge in [-0.15, -0.1) is 0 Å². The van der Waals surface area contributed by atoms with Crippen molar-refractivity contribution >= 4 is 5.69 Å². The Labute approximate surface area is 85.0 Å². The fraction of sp³-hybridized carbons (Fsp3) is 0.400. The van der Waals surface area contributed by atoms with Gasteiger partial charge in [0, 0.05) is 11.6 Å².